The molecule has 0 bridgehead atoms. The van der Waals surface area contributed by atoms with E-state index in [0.717, 1.165) is 23.6 Å². The van der Waals surface area contributed by atoms with Gasteiger partial charge in [0.2, 0.25) is 10.0 Å². The summed E-state index contributed by atoms with van der Waals surface area (Å²) in [5.41, 5.74) is 0. The molecule has 2 aromatic carbocycles. The minimum absolute atomic E-state index is 0.0565. The molecule has 21 heavy (non-hydrogen) atoms. The highest BCUT2D eigenvalue weighted by atomic mass is 32.2. The van der Waals surface area contributed by atoms with Crippen molar-refractivity contribution in [3.63, 3.8) is 0 Å². The number of methoxy groups -OCH3 is 1. The van der Waals surface area contributed by atoms with Crippen LogP contribution in [0.15, 0.2) is 47.4 Å². The van der Waals surface area contributed by atoms with Gasteiger partial charge in [-0.25, -0.2) is 8.42 Å². The Hall–Kier alpha value is -1.43. The second-order valence-electron chi connectivity index (χ2n) is 5.34. The van der Waals surface area contributed by atoms with Crippen molar-refractivity contribution in [2.24, 2.45) is 0 Å². The zero-order valence-corrected chi connectivity index (χ0v) is 12.8. The Kier molecular flexibility index (Phi) is 3.97. The molecule has 0 aromatic heterocycles. The molecule has 1 atom stereocenters. The molecule has 0 N–H and O–H groups in total. The molecule has 0 unspecified atom stereocenters. The monoisotopic (exact) mass is 305 g/mol. The number of ether oxygens (including phenoxy) is 1. The second kappa shape index (κ2) is 5.75. The zero-order valence-electron chi connectivity index (χ0n) is 12.0. The van der Waals surface area contributed by atoms with E-state index in [1.54, 1.807) is 23.5 Å². The highest BCUT2D eigenvalue weighted by Gasteiger charge is 2.35. The third-order valence-electron chi connectivity index (χ3n) is 4.02. The van der Waals surface area contributed by atoms with Gasteiger partial charge in [0, 0.05) is 25.1 Å². The summed E-state index contributed by atoms with van der Waals surface area (Å²) in [6, 6.07) is 13.0. The third kappa shape index (κ3) is 2.57. The lowest BCUT2D eigenvalue weighted by molar-refractivity contribution is 0.149. The van der Waals surface area contributed by atoms with Crippen molar-refractivity contribution in [1.82, 2.24) is 4.31 Å². The summed E-state index contributed by atoms with van der Waals surface area (Å²) in [6.45, 7) is 1.02. The smallest absolute Gasteiger partial charge is 0.244 e. The molecule has 2 aromatic rings. The third-order valence-corrected chi connectivity index (χ3v) is 6.03. The average molecular weight is 305 g/mol. The average Bonchev–Trinajstić information content (AvgIpc) is 2.96. The van der Waals surface area contributed by atoms with E-state index in [4.69, 9.17) is 4.74 Å². The fourth-order valence-electron chi connectivity index (χ4n) is 3.03. The molecule has 1 aliphatic heterocycles. The minimum Gasteiger partial charge on any atom is -0.383 e. The van der Waals surface area contributed by atoms with Gasteiger partial charge in [0.15, 0.2) is 0 Å². The van der Waals surface area contributed by atoms with E-state index in [9.17, 15) is 8.42 Å². The van der Waals surface area contributed by atoms with Gasteiger partial charge in [0.05, 0.1) is 11.5 Å². The van der Waals surface area contributed by atoms with Gasteiger partial charge in [-0.3, -0.25) is 0 Å². The first-order valence-electron chi connectivity index (χ1n) is 7.13. The molecule has 5 heteroatoms. The molecule has 4 nitrogen and oxygen atoms in total. The molecule has 1 heterocycles. The van der Waals surface area contributed by atoms with Gasteiger partial charge in [0.25, 0.3) is 0 Å². The molecule has 1 saturated heterocycles. The number of hydrogen-bond acceptors (Lipinski definition) is 3. The van der Waals surface area contributed by atoms with Crippen LogP contribution < -0.4 is 0 Å². The molecule has 0 spiro atoms. The van der Waals surface area contributed by atoms with Crippen LogP contribution in [-0.2, 0) is 14.8 Å². The standard InChI is InChI=1S/C16H19NO3S/c1-20-12-14-8-5-11-17(14)21(18,19)16-10-4-7-13-6-2-3-9-15(13)16/h2-4,6-7,9-10,14H,5,8,11-12H2,1H3/t14-/m0/s1. The molecule has 112 valence electrons. The molecule has 3 rings (SSSR count). The zero-order chi connectivity index (χ0) is 14.9. The van der Waals surface area contributed by atoms with E-state index >= 15 is 0 Å². The Bertz CT molecular complexity index is 737. The van der Waals surface area contributed by atoms with Crippen molar-refractivity contribution in [1.29, 1.82) is 0 Å². The summed E-state index contributed by atoms with van der Waals surface area (Å²) in [7, 11) is -1.87. The van der Waals surface area contributed by atoms with Crippen LogP contribution in [-0.4, -0.2) is 39.0 Å². The lowest BCUT2D eigenvalue weighted by Gasteiger charge is -2.24. The van der Waals surface area contributed by atoms with E-state index in [1.165, 1.54) is 0 Å². The Morgan fingerprint density at radius 3 is 2.76 bits per heavy atom. The molecular formula is C16H19NO3S. The van der Waals surface area contributed by atoms with Crippen LogP contribution in [0.3, 0.4) is 0 Å². The largest absolute Gasteiger partial charge is 0.383 e. The van der Waals surface area contributed by atoms with E-state index in [1.807, 2.05) is 30.3 Å². The molecule has 0 saturated carbocycles. The van der Waals surface area contributed by atoms with Crippen molar-refractivity contribution in [3.8, 4) is 0 Å². The number of nitrogens with zero attached hydrogens (tertiary/aromatic N) is 1. The number of benzene rings is 2. The topological polar surface area (TPSA) is 46.6 Å². The highest BCUT2D eigenvalue weighted by molar-refractivity contribution is 7.89. The Labute approximate surface area is 125 Å². The summed E-state index contributed by atoms with van der Waals surface area (Å²) in [5, 5.41) is 1.73. The number of sulfonamides is 1. The van der Waals surface area contributed by atoms with Crippen LogP contribution in [0.5, 0.6) is 0 Å². The number of rotatable bonds is 4. The molecule has 0 aliphatic carbocycles. The highest BCUT2D eigenvalue weighted by Crippen LogP contribution is 2.30. The van der Waals surface area contributed by atoms with Crippen LogP contribution in [0.1, 0.15) is 12.8 Å². The lowest BCUT2D eigenvalue weighted by Crippen LogP contribution is -2.38. The van der Waals surface area contributed by atoms with Gasteiger partial charge >= 0.3 is 0 Å². The first-order valence-corrected chi connectivity index (χ1v) is 8.57. The Balaban J connectivity index is 2.08. The van der Waals surface area contributed by atoms with Crippen LogP contribution in [0, 0.1) is 0 Å². The van der Waals surface area contributed by atoms with E-state index < -0.39 is 10.0 Å². The second-order valence-corrected chi connectivity index (χ2v) is 7.20. The van der Waals surface area contributed by atoms with Crippen LogP contribution >= 0.6 is 0 Å². The van der Waals surface area contributed by atoms with Crippen LogP contribution in [0.4, 0.5) is 0 Å². The number of fused-ring (bicyclic) bond motifs is 1. The predicted octanol–water partition coefficient (Wildman–Crippen LogP) is 2.64. The van der Waals surface area contributed by atoms with Gasteiger partial charge in [-0.05, 0) is 24.3 Å². The maximum atomic E-state index is 13.0. The Morgan fingerprint density at radius 2 is 1.95 bits per heavy atom. The normalized spacial score (nSPS) is 20.1. The first-order chi connectivity index (χ1) is 10.1. The number of hydrogen-bond donors (Lipinski definition) is 0. The summed E-state index contributed by atoms with van der Waals surface area (Å²) in [5.74, 6) is 0. The Morgan fingerprint density at radius 1 is 1.19 bits per heavy atom. The molecule has 0 amide bonds. The molecule has 1 fully saturated rings. The molecular weight excluding hydrogens is 286 g/mol. The van der Waals surface area contributed by atoms with Gasteiger partial charge in [-0.1, -0.05) is 36.4 Å². The maximum absolute atomic E-state index is 13.0. The van der Waals surface area contributed by atoms with Crippen molar-refractivity contribution < 1.29 is 13.2 Å². The fraction of sp³-hybridized carbons (Fsp3) is 0.375. The SMILES string of the molecule is COC[C@@H]1CCCN1S(=O)(=O)c1cccc2ccccc12. The van der Waals surface area contributed by atoms with Crippen molar-refractivity contribution >= 4 is 20.8 Å². The van der Waals surface area contributed by atoms with Gasteiger partial charge < -0.3 is 4.74 Å². The van der Waals surface area contributed by atoms with Gasteiger partial charge in [0.1, 0.15) is 0 Å². The fourth-order valence-corrected chi connectivity index (χ4v) is 4.93. The van der Waals surface area contributed by atoms with Crippen LogP contribution in [0.25, 0.3) is 10.8 Å². The quantitative estimate of drug-likeness (QED) is 0.872. The lowest BCUT2D eigenvalue weighted by atomic mass is 10.1. The molecule has 0 radical (unpaired) electrons. The van der Waals surface area contributed by atoms with E-state index in [0.29, 0.717) is 18.0 Å². The minimum atomic E-state index is -3.48. The van der Waals surface area contributed by atoms with Gasteiger partial charge in [-0.2, -0.15) is 4.31 Å². The maximum Gasteiger partial charge on any atom is 0.244 e. The van der Waals surface area contributed by atoms with Crippen molar-refractivity contribution in [2.45, 2.75) is 23.8 Å². The molecule has 1 aliphatic rings. The van der Waals surface area contributed by atoms with Crippen molar-refractivity contribution in [3.05, 3.63) is 42.5 Å². The summed E-state index contributed by atoms with van der Waals surface area (Å²) >= 11 is 0. The van der Waals surface area contributed by atoms with E-state index in [2.05, 4.69) is 0 Å². The first kappa shape index (κ1) is 14.5. The summed E-state index contributed by atoms with van der Waals surface area (Å²) < 4.78 is 32.8. The predicted molar refractivity (Wildman–Crippen MR) is 82.7 cm³/mol. The van der Waals surface area contributed by atoms with Crippen LogP contribution in [0.2, 0.25) is 0 Å². The van der Waals surface area contributed by atoms with Crippen molar-refractivity contribution in [2.75, 3.05) is 20.3 Å². The van der Waals surface area contributed by atoms with Gasteiger partial charge in [-0.15, -0.1) is 0 Å². The summed E-state index contributed by atoms with van der Waals surface area (Å²) in [6.07, 6.45) is 1.75. The summed E-state index contributed by atoms with van der Waals surface area (Å²) in [4.78, 5) is 0.392. The van der Waals surface area contributed by atoms with E-state index in [-0.39, 0.29) is 6.04 Å².